The summed E-state index contributed by atoms with van der Waals surface area (Å²) in [4.78, 5) is 0. The normalized spacial score (nSPS) is 11.6. The molecule has 2 N–H and O–H groups in total. The second kappa shape index (κ2) is 7.22. The van der Waals surface area contributed by atoms with Gasteiger partial charge in [0.25, 0.3) is 0 Å². The predicted molar refractivity (Wildman–Crippen MR) is 96.7 cm³/mol. The van der Waals surface area contributed by atoms with E-state index in [0.29, 0.717) is 5.11 Å². The van der Waals surface area contributed by atoms with Crippen LogP contribution in [0.4, 0.5) is 0 Å². The molecule has 0 atom stereocenters. The average Bonchev–Trinajstić information content (AvgIpc) is 2.50. The zero-order valence-corrected chi connectivity index (χ0v) is 14.1. The number of hydrogen-bond donors (Lipinski definition) is 2. The molecule has 0 bridgehead atoms. The minimum atomic E-state index is 0.283. The Kier molecular flexibility index (Phi) is 5.33. The Bertz CT molecular complexity index is 710. The van der Waals surface area contributed by atoms with Gasteiger partial charge in [0.15, 0.2) is 5.11 Å². The summed E-state index contributed by atoms with van der Waals surface area (Å²) in [6, 6.07) is 12.5. The van der Waals surface area contributed by atoms with Crippen LogP contribution in [-0.4, -0.2) is 24.0 Å². The fraction of sp³-hybridized carbons (Fsp3) is 0.294. The molecular weight excluding hydrogens is 294 g/mol. The van der Waals surface area contributed by atoms with E-state index >= 15 is 0 Å². The van der Waals surface area contributed by atoms with Gasteiger partial charge < -0.3 is 10.1 Å². The van der Waals surface area contributed by atoms with E-state index in [-0.39, 0.29) is 6.04 Å². The number of rotatable bonds is 4. The molecule has 0 aliphatic heterocycles. The minimum Gasteiger partial charge on any atom is -0.497 e. The molecule has 2 aromatic rings. The van der Waals surface area contributed by atoms with Gasteiger partial charge in [0.1, 0.15) is 5.75 Å². The molecule has 0 spiro atoms. The van der Waals surface area contributed by atoms with Gasteiger partial charge in [0, 0.05) is 6.04 Å². The molecule has 0 amide bonds. The standard InChI is InChI=1S/C17H21N3OS/c1-11(2)18-17(22)20-19-12(3)13-5-6-15-10-16(21-4)8-7-14(15)9-13/h5-11H,1-4H3,(H2,18,20,22). The maximum absolute atomic E-state index is 5.24. The van der Waals surface area contributed by atoms with Gasteiger partial charge in [0.2, 0.25) is 0 Å². The lowest BCUT2D eigenvalue weighted by atomic mass is 10.0. The topological polar surface area (TPSA) is 45.6 Å². The number of hydrogen-bond acceptors (Lipinski definition) is 3. The zero-order chi connectivity index (χ0) is 16.1. The summed E-state index contributed by atoms with van der Waals surface area (Å²) in [5.41, 5.74) is 4.80. The van der Waals surface area contributed by atoms with Crippen molar-refractivity contribution in [3.8, 4) is 5.75 Å². The molecule has 5 heteroatoms. The fourth-order valence-electron chi connectivity index (χ4n) is 2.07. The van der Waals surface area contributed by atoms with Crippen molar-refractivity contribution in [2.24, 2.45) is 5.10 Å². The van der Waals surface area contributed by atoms with Crippen LogP contribution in [0.3, 0.4) is 0 Å². The number of fused-ring (bicyclic) bond motifs is 1. The van der Waals surface area contributed by atoms with Crippen molar-refractivity contribution in [3.63, 3.8) is 0 Å². The molecule has 22 heavy (non-hydrogen) atoms. The van der Waals surface area contributed by atoms with Crippen LogP contribution < -0.4 is 15.5 Å². The maximum atomic E-state index is 5.24. The van der Waals surface area contributed by atoms with Crippen LogP contribution in [0.5, 0.6) is 5.75 Å². The molecule has 0 saturated heterocycles. The van der Waals surface area contributed by atoms with Crippen LogP contribution in [0.15, 0.2) is 41.5 Å². The number of nitrogens with one attached hydrogen (secondary N) is 2. The van der Waals surface area contributed by atoms with E-state index in [4.69, 9.17) is 17.0 Å². The van der Waals surface area contributed by atoms with Crippen molar-refractivity contribution in [3.05, 3.63) is 42.0 Å². The molecule has 2 rings (SSSR count). The first-order valence-corrected chi connectivity index (χ1v) is 7.59. The maximum Gasteiger partial charge on any atom is 0.187 e. The van der Waals surface area contributed by atoms with Gasteiger partial charge >= 0.3 is 0 Å². The summed E-state index contributed by atoms with van der Waals surface area (Å²) in [6.45, 7) is 6.01. The highest BCUT2D eigenvalue weighted by molar-refractivity contribution is 7.80. The molecule has 0 saturated carbocycles. The Hall–Kier alpha value is -2.14. The molecule has 0 aliphatic carbocycles. The van der Waals surface area contributed by atoms with E-state index in [0.717, 1.165) is 27.8 Å². The first-order valence-electron chi connectivity index (χ1n) is 7.18. The monoisotopic (exact) mass is 315 g/mol. The number of benzene rings is 2. The number of thiocarbonyl (C=S) groups is 1. The quantitative estimate of drug-likeness (QED) is 0.515. The Morgan fingerprint density at radius 2 is 1.82 bits per heavy atom. The summed E-state index contributed by atoms with van der Waals surface area (Å²) >= 11 is 5.16. The van der Waals surface area contributed by atoms with E-state index in [1.807, 2.05) is 45.0 Å². The van der Waals surface area contributed by atoms with Crippen LogP contribution in [0.2, 0.25) is 0 Å². The third-order valence-electron chi connectivity index (χ3n) is 3.21. The van der Waals surface area contributed by atoms with Crippen molar-refractivity contribution in [1.29, 1.82) is 0 Å². The number of nitrogens with zero attached hydrogens (tertiary/aromatic N) is 1. The van der Waals surface area contributed by atoms with E-state index < -0.39 is 0 Å². The largest absolute Gasteiger partial charge is 0.497 e. The molecule has 0 radical (unpaired) electrons. The van der Waals surface area contributed by atoms with Gasteiger partial charge in [-0.3, -0.25) is 5.43 Å². The number of methoxy groups -OCH3 is 1. The molecule has 4 nitrogen and oxygen atoms in total. The van der Waals surface area contributed by atoms with Crippen molar-refractivity contribution in [1.82, 2.24) is 10.7 Å². The summed E-state index contributed by atoms with van der Waals surface area (Å²) < 4.78 is 5.24. The SMILES string of the molecule is COc1ccc2cc(C(C)=NNC(=S)NC(C)C)ccc2c1. The Labute approximate surface area is 136 Å². The smallest absolute Gasteiger partial charge is 0.187 e. The Balaban J connectivity index is 2.17. The van der Waals surface area contributed by atoms with E-state index in [1.54, 1.807) is 7.11 Å². The van der Waals surface area contributed by atoms with E-state index in [2.05, 4.69) is 28.0 Å². The zero-order valence-electron chi connectivity index (χ0n) is 13.3. The average molecular weight is 315 g/mol. The molecule has 116 valence electrons. The van der Waals surface area contributed by atoms with Gasteiger partial charge in [-0.05, 0) is 67.5 Å². The molecule has 0 unspecified atom stereocenters. The third kappa shape index (κ3) is 4.18. The van der Waals surface area contributed by atoms with Crippen molar-refractivity contribution < 1.29 is 4.74 Å². The minimum absolute atomic E-state index is 0.283. The van der Waals surface area contributed by atoms with Gasteiger partial charge in [-0.25, -0.2) is 0 Å². The lowest BCUT2D eigenvalue weighted by Gasteiger charge is -2.11. The van der Waals surface area contributed by atoms with Gasteiger partial charge in [-0.15, -0.1) is 0 Å². The molecule has 0 fully saturated rings. The summed E-state index contributed by atoms with van der Waals surface area (Å²) in [6.07, 6.45) is 0. The van der Waals surface area contributed by atoms with Crippen molar-refractivity contribution >= 4 is 33.8 Å². The summed E-state index contributed by atoms with van der Waals surface area (Å²) in [7, 11) is 1.67. The second-order valence-electron chi connectivity index (χ2n) is 5.37. The first kappa shape index (κ1) is 16.2. The summed E-state index contributed by atoms with van der Waals surface area (Å²) in [5, 5.41) is 10.2. The van der Waals surface area contributed by atoms with E-state index in [9.17, 15) is 0 Å². The van der Waals surface area contributed by atoms with Gasteiger partial charge in [-0.1, -0.05) is 18.2 Å². The lowest BCUT2D eigenvalue weighted by Crippen LogP contribution is -2.37. The lowest BCUT2D eigenvalue weighted by molar-refractivity contribution is 0.415. The van der Waals surface area contributed by atoms with Crippen LogP contribution >= 0.6 is 12.2 Å². The van der Waals surface area contributed by atoms with Crippen LogP contribution in [0.1, 0.15) is 26.3 Å². The fourth-order valence-corrected chi connectivity index (χ4v) is 2.35. The number of hydrazone groups is 1. The third-order valence-corrected chi connectivity index (χ3v) is 3.42. The van der Waals surface area contributed by atoms with Crippen molar-refractivity contribution in [2.45, 2.75) is 26.8 Å². The molecule has 0 aliphatic rings. The highest BCUT2D eigenvalue weighted by Gasteiger charge is 2.02. The van der Waals surface area contributed by atoms with E-state index in [1.165, 1.54) is 0 Å². The predicted octanol–water partition coefficient (Wildman–Crippen LogP) is 3.44. The molecule has 2 aromatic carbocycles. The van der Waals surface area contributed by atoms with Gasteiger partial charge in [0.05, 0.1) is 12.8 Å². The molecule has 0 heterocycles. The van der Waals surface area contributed by atoms with Gasteiger partial charge in [-0.2, -0.15) is 5.10 Å². The Morgan fingerprint density at radius 1 is 1.14 bits per heavy atom. The molecule has 0 aromatic heterocycles. The van der Waals surface area contributed by atoms with Crippen LogP contribution in [0, 0.1) is 0 Å². The van der Waals surface area contributed by atoms with Crippen LogP contribution in [0.25, 0.3) is 10.8 Å². The van der Waals surface area contributed by atoms with Crippen LogP contribution in [-0.2, 0) is 0 Å². The summed E-state index contributed by atoms with van der Waals surface area (Å²) in [5.74, 6) is 0.859. The highest BCUT2D eigenvalue weighted by atomic mass is 32.1. The van der Waals surface area contributed by atoms with Crippen molar-refractivity contribution in [2.75, 3.05) is 7.11 Å². The highest BCUT2D eigenvalue weighted by Crippen LogP contribution is 2.22. The molecular formula is C17H21N3OS. The Morgan fingerprint density at radius 3 is 2.50 bits per heavy atom. The second-order valence-corrected chi connectivity index (χ2v) is 5.77. The first-order chi connectivity index (χ1) is 10.5. The number of ether oxygens (including phenoxy) is 1.